The molecule has 19 heavy (non-hydrogen) atoms. The van der Waals surface area contributed by atoms with Crippen molar-refractivity contribution in [2.75, 3.05) is 0 Å². The van der Waals surface area contributed by atoms with Crippen LogP contribution in [-0.2, 0) is 6.42 Å². The van der Waals surface area contributed by atoms with Gasteiger partial charge in [0.2, 0.25) is 0 Å². The van der Waals surface area contributed by atoms with Crippen LogP contribution in [0, 0.1) is 32.8 Å². The Bertz CT molecular complexity index is 521. The summed E-state index contributed by atoms with van der Waals surface area (Å²) in [5, 5.41) is 20.6. The van der Waals surface area contributed by atoms with Crippen LogP contribution in [0.1, 0.15) is 38.2 Å². The molecule has 0 bridgehead atoms. The largest absolute Gasteiger partial charge is 0.272 e. The molecule has 0 spiro atoms. The lowest BCUT2D eigenvalue weighted by Crippen LogP contribution is -2.28. The highest BCUT2D eigenvalue weighted by atomic mass is 16.6. The van der Waals surface area contributed by atoms with Crippen LogP contribution in [0.2, 0.25) is 0 Å². The Labute approximate surface area is 113 Å². The van der Waals surface area contributed by atoms with Crippen molar-refractivity contribution in [1.82, 2.24) is 0 Å². The lowest BCUT2D eigenvalue weighted by molar-refractivity contribution is -0.385. The molecular weight excluding hydrogens is 240 g/mol. The Morgan fingerprint density at radius 2 is 2.26 bits per heavy atom. The standard InChI is InChI=1S/C15H18N2O2/c1-12-5-4-8-15(9-12,11-16)10-13-6-2-3-7-14(13)17(18)19/h2-3,6-7,12H,4-5,8-10H2,1H3. The summed E-state index contributed by atoms with van der Waals surface area (Å²) in [6, 6.07) is 9.21. The van der Waals surface area contributed by atoms with E-state index in [9.17, 15) is 15.4 Å². The molecule has 0 amide bonds. The van der Waals surface area contributed by atoms with Crippen molar-refractivity contribution in [3.63, 3.8) is 0 Å². The third kappa shape index (κ3) is 2.93. The Morgan fingerprint density at radius 1 is 1.53 bits per heavy atom. The molecule has 0 aromatic heterocycles. The van der Waals surface area contributed by atoms with Gasteiger partial charge in [-0.15, -0.1) is 0 Å². The average molecular weight is 258 g/mol. The van der Waals surface area contributed by atoms with Gasteiger partial charge in [0, 0.05) is 11.6 Å². The number of rotatable bonds is 3. The normalized spacial score (nSPS) is 26.6. The lowest BCUT2D eigenvalue weighted by atomic mass is 9.68. The van der Waals surface area contributed by atoms with Gasteiger partial charge in [0.25, 0.3) is 5.69 Å². The molecule has 0 heterocycles. The first-order chi connectivity index (χ1) is 9.06. The fourth-order valence-corrected chi connectivity index (χ4v) is 3.16. The molecule has 1 aromatic carbocycles. The maximum Gasteiger partial charge on any atom is 0.272 e. The van der Waals surface area contributed by atoms with Crippen molar-refractivity contribution in [2.24, 2.45) is 11.3 Å². The highest BCUT2D eigenvalue weighted by Crippen LogP contribution is 2.42. The number of benzene rings is 1. The van der Waals surface area contributed by atoms with E-state index in [-0.39, 0.29) is 10.6 Å². The maximum atomic E-state index is 11.0. The van der Waals surface area contributed by atoms with Gasteiger partial charge in [-0.2, -0.15) is 5.26 Å². The number of nitro groups is 1. The molecular formula is C15H18N2O2. The monoisotopic (exact) mass is 258 g/mol. The van der Waals surface area contributed by atoms with E-state index in [1.807, 2.05) is 0 Å². The molecule has 0 N–H and O–H groups in total. The zero-order valence-corrected chi connectivity index (χ0v) is 11.1. The quantitative estimate of drug-likeness (QED) is 0.610. The van der Waals surface area contributed by atoms with Gasteiger partial charge in [0.1, 0.15) is 0 Å². The lowest BCUT2D eigenvalue weighted by Gasteiger charge is -2.34. The van der Waals surface area contributed by atoms with E-state index < -0.39 is 5.41 Å². The van der Waals surface area contributed by atoms with Gasteiger partial charge in [0.05, 0.1) is 16.4 Å². The molecule has 1 saturated carbocycles. The van der Waals surface area contributed by atoms with E-state index in [0.29, 0.717) is 17.9 Å². The second-order valence-electron chi connectivity index (χ2n) is 5.66. The van der Waals surface area contributed by atoms with E-state index in [0.717, 1.165) is 25.7 Å². The number of para-hydroxylation sites is 1. The molecule has 2 rings (SSSR count). The van der Waals surface area contributed by atoms with Crippen LogP contribution < -0.4 is 0 Å². The maximum absolute atomic E-state index is 11.0. The van der Waals surface area contributed by atoms with E-state index >= 15 is 0 Å². The highest BCUT2D eigenvalue weighted by Gasteiger charge is 2.36. The van der Waals surface area contributed by atoms with Gasteiger partial charge < -0.3 is 0 Å². The molecule has 4 nitrogen and oxygen atoms in total. The number of hydrogen-bond donors (Lipinski definition) is 0. The molecule has 100 valence electrons. The Kier molecular flexibility index (Phi) is 3.84. The summed E-state index contributed by atoms with van der Waals surface area (Å²) in [7, 11) is 0. The summed E-state index contributed by atoms with van der Waals surface area (Å²) < 4.78 is 0. The molecule has 1 aliphatic carbocycles. The van der Waals surface area contributed by atoms with Crippen LogP contribution in [0.4, 0.5) is 5.69 Å². The van der Waals surface area contributed by atoms with Crippen molar-refractivity contribution in [1.29, 1.82) is 5.26 Å². The molecule has 0 saturated heterocycles. The van der Waals surface area contributed by atoms with Gasteiger partial charge in [-0.3, -0.25) is 10.1 Å². The number of nitriles is 1. The highest BCUT2D eigenvalue weighted by molar-refractivity contribution is 5.41. The predicted octanol–water partition coefficient (Wildman–Crippen LogP) is 3.86. The number of nitro benzene ring substituents is 1. The van der Waals surface area contributed by atoms with Crippen LogP contribution in [0.15, 0.2) is 24.3 Å². The van der Waals surface area contributed by atoms with E-state index in [4.69, 9.17) is 0 Å². The minimum absolute atomic E-state index is 0.135. The van der Waals surface area contributed by atoms with Gasteiger partial charge in [0.15, 0.2) is 0 Å². The molecule has 1 aliphatic rings. The minimum Gasteiger partial charge on any atom is -0.258 e. The Balaban J connectivity index is 2.29. The van der Waals surface area contributed by atoms with Gasteiger partial charge in [-0.05, 0) is 25.2 Å². The van der Waals surface area contributed by atoms with Gasteiger partial charge >= 0.3 is 0 Å². The van der Waals surface area contributed by atoms with Crippen molar-refractivity contribution in [3.8, 4) is 6.07 Å². The second kappa shape index (κ2) is 5.40. The van der Waals surface area contributed by atoms with Crippen molar-refractivity contribution in [3.05, 3.63) is 39.9 Å². The topological polar surface area (TPSA) is 66.9 Å². The van der Waals surface area contributed by atoms with Crippen LogP contribution >= 0.6 is 0 Å². The molecule has 1 aromatic rings. The Hall–Kier alpha value is -1.89. The van der Waals surface area contributed by atoms with Gasteiger partial charge in [-0.25, -0.2) is 0 Å². The van der Waals surface area contributed by atoms with Crippen LogP contribution in [-0.4, -0.2) is 4.92 Å². The molecule has 2 unspecified atom stereocenters. The fourth-order valence-electron chi connectivity index (χ4n) is 3.16. The third-order valence-electron chi connectivity index (χ3n) is 4.05. The van der Waals surface area contributed by atoms with Crippen LogP contribution in [0.3, 0.4) is 0 Å². The molecule has 4 heteroatoms. The zero-order valence-electron chi connectivity index (χ0n) is 11.1. The first-order valence-electron chi connectivity index (χ1n) is 6.70. The van der Waals surface area contributed by atoms with Crippen molar-refractivity contribution < 1.29 is 4.92 Å². The third-order valence-corrected chi connectivity index (χ3v) is 4.05. The minimum atomic E-state index is -0.427. The number of hydrogen-bond acceptors (Lipinski definition) is 3. The summed E-state index contributed by atoms with van der Waals surface area (Å²) in [6.07, 6.45) is 4.37. The van der Waals surface area contributed by atoms with Crippen molar-refractivity contribution >= 4 is 5.69 Å². The zero-order chi connectivity index (χ0) is 13.9. The molecule has 0 aliphatic heterocycles. The SMILES string of the molecule is CC1CCCC(C#N)(Cc2ccccc2[N+](=O)[O-])C1. The van der Waals surface area contributed by atoms with Gasteiger partial charge in [-0.1, -0.05) is 38.0 Å². The first kappa shape index (κ1) is 13.5. The Morgan fingerprint density at radius 3 is 2.89 bits per heavy atom. The summed E-state index contributed by atoms with van der Waals surface area (Å²) in [5.74, 6) is 0.524. The second-order valence-corrected chi connectivity index (χ2v) is 5.66. The molecule has 1 fully saturated rings. The van der Waals surface area contributed by atoms with E-state index in [2.05, 4.69) is 13.0 Å². The van der Waals surface area contributed by atoms with Crippen LogP contribution in [0.25, 0.3) is 0 Å². The van der Waals surface area contributed by atoms with Crippen LogP contribution in [0.5, 0.6) is 0 Å². The molecule has 2 atom stereocenters. The van der Waals surface area contributed by atoms with E-state index in [1.165, 1.54) is 6.07 Å². The number of nitrogens with zero attached hydrogens (tertiary/aromatic N) is 2. The first-order valence-corrected chi connectivity index (χ1v) is 6.70. The fraction of sp³-hybridized carbons (Fsp3) is 0.533. The van der Waals surface area contributed by atoms with E-state index in [1.54, 1.807) is 18.2 Å². The average Bonchev–Trinajstić information content (AvgIpc) is 2.39. The summed E-state index contributed by atoms with van der Waals surface area (Å²) >= 11 is 0. The van der Waals surface area contributed by atoms with Crippen molar-refractivity contribution in [2.45, 2.75) is 39.0 Å². The summed E-state index contributed by atoms with van der Waals surface area (Å²) in [4.78, 5) is 10.7. The molecule has 0 radical (unpaired) electrons. The smallest absolute Gasteiger partial charge is 0.258 e. The predicted molar refractivity (Wildman–Crippen MR) is 72.5 cm³/mol. The summed E-state index contributed by atoms with van der Waals surface area (Å²) in [5.41, 5.74) is 0.391. The summed E-state index contributed by atoms with van der Waals surface area (Å²) in [6.45, 7) is 2.16.